The number of hydrogen-bond donors (Lipinski definition) is 0. The van der Waals surface area contributed by atoms with Gasteiger partial charge in [-0.2, -0.15) is 13.2 Å². The third kappa shape index (κ3) is 7.27. The van der Waals surface area contributed by atoms with E-state index in [0.29, 0.717) is 27.8 Å². The third-order valence-electron chi connectivity index (χ3n) is 5.12. The van der Waals surface area contributed by atoms with Gasteiger partial charge in [0, 0.05) is 28.0 Å². The van der Waals surface area contributed by atoms with Crippen molar-refractivity contribution in [2.24, 2.45) is 0 Å². The highest BCUT2D eigenvalue weighted by Gasteiger charge is 2.30. The summed E-state index contributed by atoms with van der Waals surface area (Å²) in [6.07, 6.45) is -4.39. The number of thiazole rings is 1. The molecule has 0 atom stereocenters. The van der Waals surface area contributed by atoms with Crippen LogP contribution in [0.2, 0.25) is 0 Å². The van der Waals surface area contributed by atoms with Crippen LogP contribution in [0.15, 0.2) is 77.7 Å². The molecular formula is C27H22F3NO4S2. The van der Waals surface area contributed by atoms with Crippen molar-refractivity contribution in [1.82, 2.24) is 4.98 Å². The van der Waals surface area contributed by atoms with E-state index in [-0.39, 0.29) is 6.61 Å². The predicted molar refractivity (Wildman–Crippen MR) is 136 cm³/mol. The lowest BCUT2D eigenvalue weighted by Gasteiger charge is -2.08. The van der Waals surface area contributed by atoms with E-state index >= 15 is 0 Å². The number of nitrogens with zero attached hydrogens (tertiary/aromatic N) is 1. The maximum Gasteiger partial charge on any atom is 0.416 e. The van der Waals surface area contributed by atoms with Gasteiger partial charge in [0.2, 0.25) is 0 Å². The van der Waals surface area contributed by atoms with Crippen LogP contribution in [0.3, 0.4) is 0 Å². The maximum absolute atomic E-state index is 13.0. The zero-order valence-electron chi connectivity index (χ0n) is 19.9. The fourth-order valence-corrected chi connectivity index (χ4v) is 5.43. The molecule has 1 aromatic heterocycles. The molecule has 0 radical (unpaired) electrons. The Morgan fingerprint density at radius 2 is 1.76 bits per heavy atom. The van der Waals surface area contributed by atoms with Crippen LogP contribution < -0.4 is 9.62 Å². The van der Waals surface area contributed by atoms with Gasteiger partial charge in [-0.3, -0.25) is 9.78 Å². The van der Waals surface area contributed by atoms with E-state index in [1.54, 1.807) is 17.8 Å². The van der Waals surface area contributed by atoms with Crippen molar-refractivity contribution in [3.63, 3.8) is 0 Å². The fourth-order valence-electron chi connectivity index (χ4n) is 3.26. The Morgan fingerprint density at radius 3 is 2.41 bits per heavy atom. The second kappa shape index (κ2) is 11.7. The summed E-state index contributed by atoms with van der Waals surface area (Å²) in [6.45, 7) is 3.33. The monoisotopic (exact) mass is 545 g/mol. The highest BCUT2D eigenvalue weighted by molar-refractivity contribution is 7.98. The number of alkyl halides is 3. The van der Waals surface area contributed by atoms with Crippen LogP contribution >= 0.6 is 23.1 Å². The van der Waals surface area contributed by atoms with Crippen LogP contribution in [-0.2, 0) is 28.2 Å². The van der Waals surface area contributed by atoms with Crippen LogP contribution in [0.4, 0.5) is 13.2 Å². The SMILES string of the molecule is CC(=O)OOc1ccc(SCc2sc(-c3ccc(C(F)(F)F)cc3)nc2COc2ccccc2)cc1C. The van der Waals surface area contributed by atoms with Gasteiger partial charge in [0.15, 0.2) is 5.75 Å². The van der Waals surface area contributed by atoms with E-state index in [9.17, 15) is 18.0 Å². The highest BCUT2D eigenvalue weighted by Crippen LogP contribution is 2.36. The molecule has 0 saturated heterocycles. The van der Waals surface area contributed by atoms with Crippen molar-refractivity contribution in [1.29, 1.82) is 0 Å². The van der Waals surface area contributed by atoms with Crippen LogP contribution in [-0.4, -0.2) is 11.0 Å². The number of rotatable bonds is 9. The molecule has 37 heavy (non-hydrogen) atoms. The molecule has 192 valence electrons. The Kier molecular flexibility index (Phi) is 8.40. The summed E-state index contributed by atoms with van der Waals surface area (Å²) >= 11 is 3.00. The molecule has 0 spiro atoms. The Morgan fingerprint density at radius 1 is 1.03 bits per heavy atom. The molecule has 0 aliphatic rings. The number of ether oxygens (including phenoxy) is 1. The lowest BCUT2D eigenvalue weighted by atomic mass is 10.1. The standard InChI is InChI=1S/C27H22F3NO4S2/c1-17-14-22(12-13-24(17)35-34-18(2)32)36-16-25-23(15-33-21-6-4-3-5-7-21)31-26(37-25)19-8-10-20(11-9-19)27(28,29)30/h3-14H,15-16H2,1-2H3. The van der Waals surface area contributed by atoms with Gasteiger partial charge in [-0.05, 0) is 55.0 Å². The number of aromatic nitrogens is 1. The third-order valence-corrected chi connectivity index (χ3v) is 7.47. The molecule has 0 aliphatic heterocycles. The molecule has 0 amide bonds. The summed E-state index contributed by atoms with van der Waals surface area (Å²) in [6, 6.07) is 19.8. The molecule has 10 heteroatoms. The Labute approximate surface area is 220 Å². The molecule has 5 nitrogen and oxygen atoms in total. The second-order valence-electron chi connectivity index (χ2n) is 7.94. The molecule has 1 heterocycles. The van der Waals surface area contributed by atoms with E-state index < -0.39 is 17.7 Å². The number of carbonyl (C=O) groups is 1. The number of halogens is 3. The zero-order chi connectivity index (χ0) is 26.4. The van der Waals surface area contributed by atoms with Crippen molar-refractivity contribution >= 4 is 29.1 Å². The van der Waals surface area contributed by atoms with Crippen molar-refractivity contribution in [2.45, 2.75) is 37.3 Å². The van der Waals surface area contributed by atoms with Crippen molar-refractivity contribution in [3.05, 3.63) is 94.5 Å². The average molecular weight is 546 g/mol. The molecule has 0 fully saturated rings. The molecule has 0 saturated carbocycles. The molecule has 0 aliphatic carbocycles. The number of carbonyl (C=O) groups excluding carboxylic acids is 1. The zero-order valence-corrected chi connectivity index (χ0v) is 21.5. The predicted octanol–water partition coefficient (Wildman–Crippen LogP) is 7.87. The van der Waals surface area contributed by atoms with Gasteiger partial charge in [0.05, 0.1) is 11.3 Å². The molecule has 0 N–H and O–H groups in total. The minimum Gasteiger partial charge on any atom is -0.487 e. The minimum absolute atomic E-state index is 0.227. The number of thioether (sulfide) groups is 1. The first kappa shape index (κ1) is 26.6. The van der Waals surface area contributed by atoms with Crippen LogP contribution in [0.25, 0.3) is 10.6 Å². The smallest absolute Gasteiger partial charge is 0.416 e. The van der Waals surface area contributed by atoms with Crippen molar-refractivity contribution in [3.8, 4) is 22.1 Å². The summed E-state index contributed by atoms with van der Waals surface area (Å²) in [5.74, 6) is 1.18. The Hall–Kier alpha value is -3.50. The van der Waals surface area contributed by atoms with E-state index in [0.717, 1.165) is 33.2 Å². The maximum atomic E-state index is 13.0. The van der Waals surface area contributed by atoms with E-state index in [4.69, 9.17) is 14.6 Å². The molecule has 4 aromatic rings. The summed E-state index contributed by atoms with van der Waals surface area (Å²) in [7, 11) is 0. The fraction of sp³-hybridized carbons (Fsp3) is 0.185. The van der Waals surface area contributed by atoms with Crippen LogP contribution in [0.5, 0.6) is 11.5 Å². The quantitative estimate of drug-likeness (QED) is 0.121. The number of aryl methyl sites for hydroxylation is 1. The van der Waals surface area contributed by atoms with E-state index in [2.05, 4.69) is 4.89 Å². The number of benzene rings is 3. The van der Waals surface area contributed by atoms with Gasteiger partial charge in [-0.1, -0.05) is 30.3 Å². The number of hydrogen-bond acceptors (Lipinski definition) is 7. The molecule has 3 aromatic carbocycles. The van der Waals surface area contributed by atoms with Gasteiger partial charge in [0.25, 0.3) is 0 Å². The van der Waals surface area contributed by atoms with Gasteiger partial charge in [-0.15, -0.1) is 23.1 Å². The lowest BCUT2D eigenvalue weighted by molar-refractivity contribution is -0.211. The van der Waals surface area contributed by atoms with E-state index in [1.807, 2.05) is 49.4 Å². The Balaban J connectivity index is 1.53. The Bertz CT molecular complexity index is 1360. The first-order chi connectivity index (χ1) is 17.7. The molecule has 0 bridgehead atoms. The molecule has 0 unspecified atom stereocenters. The first-order valence-corrected chi connectivity index (χ1v) is 12.9. The average Bonchev–Trinajstić information content (AvgIpc) is 3.29. The lowest BCUT2D eigenvalue weighted by Crippen LogP contribution is -2.04. The largest absolute Gasteiger partial charge is 0.487 e. The van der Waals surface area contributed by atoms with Gasteiger partial charge < -0.3 is 4.74 Å². The minimum atomic E-state index is -4.39. The van der Waals surface area contributed by atoms with Crippen molar-refractivity contribution in [2.75, 3.05) is 0 Å². The van der Waals surface area contributed by atoms with Crippen LogP contribution in [0.1, 0.15) is 28.6 Å². The summed E-state index contributed by atoms with van der Waals surface area (Å²) in [4.78, 5) is 27.2. The van der Waals surface area contributed by atoms with Crippen molar-refractivity contribution < 1.29 is 32.5 Å². The molecule has 4 rings (SSSR count). The van der Waals surface area contributed by atoms with Gasteiger partial charge in [-0.25, -0.2) is 9.78 Å². The number of para-hydroxylation sites is 1. The molecular weight excluding hydrogens is 523 g/mol. The first-order valence-electron chi connectivity index (χ1n) is 11.1. The van der Waals surface area contributed by atoms with E-state index in [1.165, 1.54) is 30.4 Å². The summed E-state index contributed by atoms with van der Waals surface area (Å²) in [5, 5.41) is 0.622. The second-order valence-corrected chi connectivity index (χ2v) is 10.1. The topological polar surface area (TPSA) is 57.7 Å². The normalized spacial score (nSPS) is 11.3. The van der Waals surface area contributed by atoms with Gasteiger partial charge >= 0.3 is 12.1 Å². The van der Waals surface area contributed by atoms with Crippen LogP contribution in [0, 0.1) is 6.92 Å². The summed E-state index contributed by atoms with van der Waals surface area (Å²) in [5.41, 5.74) is 1.43. The summed E-state index contributed by atoms with van der Waals surface area (Å²) < 4.78 is 44.9. The van der Waals surface area contributed by atoms with Gasteiger partial charge in [0.1, 0.15) is 17.4 Å². The highest BCUT2D eigenvalue weighted by atomic mass is 32.2.